The monoisotopic (exact) mass is 293 g/mol. The first-order valence-corrected chi connectivity index (χ1v) is 9.83. The maximum absolute atomic E-state index is 12.1. The molecule has 0 amide bonds. The number of hydrogen-bond donors (Lipinski definition) is 0. The third-order valence-electron chi connectivity index (χ3n) is 3.32. The van der Waals surface area contributed by atoms with Crippen LogP contribution in [0.3, 0.4) is 0 Å². The summed E-state index contributed by atoms with van der Waals surface area (Å²) in [5, 5.41) is 8.36. The van der Waals surface area contributed by atoms with E-state index in [0.717, 1.165) is 25.5 Å². The van der Waals surface area contributed by atoms with Crippen LogP contribution in [0.2, 0.25) is 0 Å². The second kappa shape index (κ2) is 6.02. The molecule has 0 aliphatic heterocycles. The quantitative estimate of drug-likeness (QED) is 0.719. The largest absolute Gasteiger partial charge is 0.229 e. The predicted octanol–water partition coefficient (Wildman–Crippen LogP) is 0.918. The Morgan fingerprint density at radius 2 is 1.67 bits per heavy atom. The lowest BCUT2D eigenvalue weighted by Gasteiger charge is -2.19. The normalized spacial score (nSPS) is 26.2. The molecule has 0 aromatic rings. The number of nitriles is 1. The Balaban J connectivity index is 2.84. The van der Waals surface area contributed by atoms with E-state index in [9.17, 15) is 16.8 Å². The zero-order valence-corrected chi connectivity index (χ0v) is 12.1. The molecule has 2 atom stereocenters. The van der Waals surface area contributed by atoms with Crippen LogP contribution in [0.1, 0.15) is 32.1 Å². The van der Waals surface area contributed by atoms with Crippen molar-refractivity contribution in [3.63, 3.8) is 0 Å². The SMILES string of the molecule is CS(=O)(=O)CCS(=O)(=O)C1CCCCCC1C#N. The van der Waals surface area contributed by atoms with Crippen LogP contribution in [-0.2, 0) is 19.7 Å². The van der Waals surface area contributed by atoms with Crippen molar-refractivity contribution >= 4 is 19.7 Å². The lowest BCUT2D eigenvalue weighted by molar-refractivity contribution is 0.523. The van der Waals surface area contributed by atoms with Crippen molar-refractivity contribution in [3.8, 4) is 6.07 Å². The molecule has 5 nitrogen and oxygen atoms in total. The van der Waals surface area contributed by atoms with Crippen molar-refractivity contribution in [3.05, 3.63) is 0 Å². The summed E-state index contributed by atoms with van der Waals surface area (Å²) < 4.78 is 46.4. The van der Waals surface area contributed by atoms with Gasteiger partial charge in [-0.15, -0.1) is 0 Å². The van der Waals surface area contributed by atoms with Gasteiger partial charge in [-0.05, 0) is 12.8 Å². The Labute approximate surface area is 109 Å². The summed E-state index contributed by atoms with van der Waals surface area (Å²) in [5.41, 5.74) is 0. The number of sulfone groups is 2. The van der Waals surface area contributed by atoms with E-state index in [2.05, 4.69) is 6.07 Å². The molecule has 18 heavy (non-hydrogen) atoms. The molecule has 1 aliphatic carbocycles. The van der Waals surface area contributed by atoms with Crippen LogP contribution in [0.25, 0.3) is 0 Å². The fourth-order valence-electron chi connectivity index (χ4n) is 2.27. The van der Waals surface area contributed by atoms with Gasteiger partial charge >= 0.3 is 0 Å². The third kappa shape index (κ3) is 4.58. The Bertz CT molecular complexity index is 516. The van der Waals surface area contributed by atoms with Crippen LogP contribution in [0, 0.1) is 17.2 Å². The minimum absolute atomic E-state index is 0.357. The zero-order valence-electron chi connectivity index (χ0n) is 10.5. The van der Waals surface area contributed by atoms with Gasteiger partial charge in [0.15, 0.2) is 9.84 Å². The van der Waals surface area contributed by atoms with E-state index in [1.54, 1.807) is 0 Å². The Kier molecular flexibility index (Phi) is 5.17. The van der Waals surface area contributed by atoms with Crippen molar-refractivity contribution < 1.29 is 16.8 Å². The summed E-state index contributed by atoms with van der Waals surface area (Å²) in [6.07, 6.45) is 4.70. The molecule has 0 N–H and O–H groups in total. The zero-order chi connectivity index (χ0) is 13.8. The molecular formula is C11H19NO4S2. The summed E-state index contributed by atoms with van der Waals surface area (Å²) in [5.74, 6) is -1.21. The minimum atomic E-state index is -3.50. The minimum Gasteiger partial charge on any atom is -0.229 e. The average Bonchev–Trinajstić information content (AvgIpc) is 2.50. The first-order chi connectivity index (χ1) is 8.26. The van der Waals surface area contributed by atoms with Gasteiger partial charge in [0.25, 0.3) is 0 Å². The second-order valence-electron chi connectivity index (χ2n) is 4.91. The number of hydrogen-bond acceptors (Lipinski definition) is 5. The highest BCUT2D eigenvalue weighted by atomic mass is 32.2. The lowest BCUT2D eigenvalue weighted by Crippen LogP contribution is -2.32. The van der Waals surface area contributed by atoms with Crippen molar-refractivity contribution in [2.45, 2.75) is 37.4 Å². The maximum atomic E-state index is 12.1. The van der Waals surface area contributed by atoms with Gasteiger partial charge < -0.3 is 0 Å². The van der Waals surface area contributed by atoms with Crippen molar-refractivity contribution in [2.24, 2.45) is 5.92 Å². The molecular weight excluding hydrogens is 274 g/mol. The highest BCUT2D eigenvalue weighted by Crippen LogP contribution is 2.28. The van der Waals surface area contributed by atoms with E-state index in [0.29, 0.717) is 12.8 Å². The molecule has 0 radical (unpaired) electrons. The molecule has 0 aromatic heterocycles. The fraction of sp³-hybridized carbons (Fsp3) is 0.909. The molecule has 0 saturated heterocycles. The van der Waals surface area contributed by atoms with Crippen LogP contribution in [0.4, 0.5) is 0 Å². The van der Waals surface area contributed by atoms with Gasteiger partial charge in [0.2, 0.25) is 0 Å². The van der Waals surface area contributed by atoms with Gasteiger partial charge in [0.1, 0.15) is 9.84 Å². The van der Waals surface area contributed by atoms with Crippen LogP contribution >= 0.6 is 0 Å². The van der Waals surface area contributed by atoms with E-state index >= 15 is 0 Å². The van der Waals surface area contributed by atoms with Crippen molar-refractivity contribution in [1.29, 1.82) is 5.26 Å². The van der Waals surface area contributed by atoms with E-state index in [4.69, 9.17) is 5.26 Å². The van der Waals surface area contributed by atoms with E-state index in [1.165, 1.54) is 0 Å². The molecule has 1 saturated carbocycles. The average molecular weight is 293 g/mol. The van der Waals surface area contributed by atoms with Gasteiger partial charge in [-0.3, -0.25) is 0 Å². The molecule has 0 heterocycles. The van der Waals surface area contributed by atoms with E-state index < -0.39 is 30.8 Å². The Morgan fingerprint density at radius 1 is 1.06 bits per heavy atom. The highest BCUT2D eigenvalue weighted by molar-refractivity contribution is 7.95. The molecule has 2 unspecified atom stereocenters. The van der Waals surface area contributed by atoms with E-state index in [1.807, 2.05) is 0 Å². The van der Waals surface area contributed by atoms with Crippen molar-refractivity contribution in [2.75, 3.05) is 17.8 Å². The molecule has 0 bridgehead atoms. The first kappa shape index (κ1) is 15.4. The van der Waals surface area contributed by atoms with Gasteiger partial charge in [0.05, 0.1) is 28.7 Å². The first-order valence-electron chi connectivity index (χ1n) is 6.05. The van der Waals surface area contributed by atoms with Gasteiger partial charge in [-0.2, -0.15) is 5.26 Å². The Hall–Kier alpha value is -0.610. The smallest absolute Gasteiger partial charge is 0.155 e. The standard InChI is InChI=1S/C11H19NO4S2/c1-17(13,14)7-8-18(15,16)11-6-4-2-3-5-10(11)9-12/h10-11H,2-8H2,1H3. The Morgan fingerprint density at radius 3 is 2.22 bits per heavy atom. The topological polar surface area (TPSA) is 92.1 Å². The number of nitrogens with zero attached hydrogens (tertiary/aromatic N) is 1. The summed E-state index contributed by atoms with van der Waals surface area (Å²) in [6.45, 7) is 0. The van der Waals surface area contributed by atoms with Crippen LogP contribution in [-0.4, -0.2) is 39.8 Å². The van der Waals surface area contributed by atoms with Gasteiger partial charge in [-0.1, -0.05) is 19.3 Å². The molecule has 7 heteroatoms. The lowest BCUT2D eigenvalue weighted by atomic mass is 10.0. The number of rotatable bonds is 4. The van der Waals surface area contributed by atoms with Crippen molar-refractivity contribution in [1.82, 2.24) is 0 Å². The third-order valence-corrected chi connectivity index (χ3v) is 6.78. The predicted molar refractivity (Wildman–Crippen MR) is 69.5 cm³/mol. The van der Waals surface area contributed by atoms with E-state index in [-0.39, 0.29) is 11.5 Å². The highest BCUT2D eigenvalue weighted by Gasteiger charge is 2.34. The maximum Gasteiger partial charge on any atom is 0.155 e. The molecule has 0 spiro atoms. The molecule has 104 valence electrons. The summed E-state index contributed by atoms with van der Waals surface area (Å²) in [6, 6.07) is 2.07. The molecule has 0 aromatic carbocycles. The van der Waals surface area contributed by atoms with Crippen LogP contribution in [0.15, 0.2) is 0 Å². The molecule has 1 rings (SSSR count). The van der Waals surface area contributed by atoms with Gasteiger partial charge in [-0.25, -0.2) is 16.8 Å². The molecule has 1 aliphatic rings. The second-order valence-corrected chi connectivity index (χ2v) is 9.51. The fourth-order valence-corrected chi connectivity index (χ4v) is 5.94. The van der Waals surface area contributed by atoms with Crippen LogP contribution < -0.4 is 0 Å². The summed E-state index contributed by atoms with van der Waals surface area (Å²) >= 11 is 0. The molecule has 1 fully saturated rings. The van der Waals surface area contributed by atoms with Gasteiger partial charge in [0, 0.05) is 6.26 Å². The van der Waals surface area contributed by atoms with Crippen LogP contribution in [0.5, 0.6) is 0 Å². The summed E-state index contributed by atoms with van der Waals surface area (Å²) in [4.78, 5) is 0. The summed E-state index contributed by atoms with van der Waals surface area (Å²) in [7, 11) is -6.79.